The van der Waals surface area contributed by atoms with Gasteiger partial charge < -0.3 is 10.3 Å². The van der Waals surface area contributed by atoms with Crippen LogP contribution in [0.5, 0.6) is 0 Å². The summed E-state index contributed by atoms with van der Waals surface area (Å²) in [5.41, 5.74) is 7.40. The molecule has 21 heavy (non-hydrogen) atoms. The fourth-order valence-corrected chi connectivity index (χ4v) is 4.54. The van der Waals surface area contributed by atoms with Crippen LogP contribution < -0.4 is 5.73 Å². The van der Waals surface area contributed by atoms with Gasteiger partial charge in [0.15, 0.2) is 5.25 Å². The molecule has 1 aliphatic rings. The van der Waals surface area contributed by atoms with Crippen molar-refractivity contribution in [2.24, 2.45) is 5.73 Å². The van der Waals surface area contributed by atoms with Gasteiger partial charge in [-0.3, -0.25) is 4.79 Å². The van der Waals surface area contributed by atoms with Gasteiger partial charge >= 0.3 is 0 Å². The molecule has 1 amide bonds. The number of benzene rings is 2. The van der Waals surface area contributed by atoms with Crippen molar-refractivity contribution >= 4 is 17.1 Å². The van der Waals surface area contributed by atoms with Gasteiger partial charge in [-0.25, -0.2) is 0 Å². The second-order valence-electron chi connectivity index (χ2n) is 5.36. The average Bonchev–Trinajstić information content (AvgIpc) is 3.31. The van der Waals surface area contributed by atoms with Crippen LogP contribution in [0.1, 0.15) is 29.2 Å². The monoisotopic (exact) mass is 299 g/mol. The number of carbonyl (C=O) groups is 1. The molecule has 4 heteroatoms. The van der Waals surface area contributed by atoms with Crippen molar-refractivity contribution in [1.82, 2.24) is 0 Å². The van der Waals surface area contributed by atoms with E-state index in [2.05, 4.69) is 0 Å². The van der Waals surface area contributed by atoms with Crippen molar-refractivity contribution < 1.29 is 9.35 Å². The Hall–Kier alpha value is -1.78. The molecule has 0 aromatic heterocycles. The second kappa shape index (κ2) is 5.54. The van der Waals surface area contributed by atoms with Gasteiger partial charge in [-0.1, -0.05) is 60.7 Å². The summed E-state index contributed by atoms with van der Waals surface area (Å²) >= 11 is -1.36. The number of primary amides is 1. The molecule has 1 saturated carbocycles. The molecule has 1 atom stereocenters. The molecule has 1 fully saturated rings. The molecule has 0 bridgehead atoms. The lowest BCUT2D eigenvalue weighted by atomic mass is 10.0. The van der Waals surface area contributed by atoms with Gasteiger partial charge in [0, 0.05) is 24.0 Å². The van der Waals surface area contributed by atoms with E-state index in [0.717, 1.165) is 11.1 Å². The zero-order chi connectivity index (χ0) is 14.9. The van der Waals surface area contributed by atoms with Crippen LogP contribution in [0.4, 0.5) is 0 Å². The maximum absolute atomic E-state index is 13.1. The predicted molar refractivity (Wildman–Crippen MR) is 84.0 cm³/mol. The van der Waals surface area contributed by atoms with Crippen molar-refractivity contribution in [3.05, 3.63) is 71.8 Å². The molecule has 2 aromatic carbocycles. The van der Waals surface area contributed by atoms with Crippen molar-refractivity contribution in [3.8, 4) is 0 Å². The summed E-state index contributed by atoms with van der Waals surface area (Å²) in [6.07, 6.45) is 1.23. The summed E-state index contributed by atoms with van der Waals surface area (Å²) in [6.45, 7) is 0. The highest BCUT2D eigenvalue weighted by atomic mass is 32.2. The first kappa shape index (κ1) is 14.2. The Balaban J connectivity index is 2.03. The average molecular weight is 299 g/mol. The Morgan fingerprint density at radius 1 is 1.00 bits per heavy atom. The molecule has 3 rings (SSSR count). The van der Waals surface area contributed by atoms with Crippen LogP contribution in [0.25, 0.3) is 0 Å². The third-order valence-corrected chi connectivity index (χ3v) is 6.31. The predicted octanol–water partition coefficient (Wildman–Crippen LogP) is 2.54. The normalized spacial score (nSPS) is 17.4. The smallest absolute Gasteiger partial charge is 0.273 e. The molecule has 0 radical (unpaired) electrons. The highest BCUT2D eigenvalue weighted by molar-refractivity contribution is 7.94. The van der Waals surface area contributed by atoms with Gasteiger partial charge in [0.25, 0.3) is 5.91 Å². The van der Waals surface area contributed by atoms with Crippen LogP contribution in [0.2, 0.25) is 0 Å². The maximum Gasteiger partial charge on any atom is 0.273 e. The summed E-state index contributed by atoms with van der Waals surface area (Å²) in [4.78, 5) is 11.7. The lowest BCUT2D eigenvalue weighted by Crippen LogP contribution is -2.41. The molecule has 2 N–H and O–H groups in total. The van der Waals surface area contributed by atoms with Gasteiger partial charge in [0.05, 0.1) is 0 Å². The van der Waals surface area contributed by atoms with Crippen LogP contribution in [0.15, 0.2) is 60.7 Å². The SMILES string of the molecule is NC(=O)C1([S+]([O-])C(c2ccccc2)c2ccccc2)CC1. The van der Waals surface area contributed by atoms with Crippen molar-refractivity contribution in [2.45, 2.75) is 22.8 Å². The summed E-state index contributed by atoms with van der Waals surface area (Å²) in [7, 11) is 0. The molecular weight excluding hydrogens is 282 g/mol. The third kappa shape index (κ3) is 2.57. The van der Waals surface area contributed by atoms with Gasteiger partial charge in [-0.2, -0.15) is 0 Å². The highest BCUT2D eigenvalue weighted by Gasteiger charge is 2.62. The van der Waals surface area contributed by atoms with Gasteiger partial charge in [-0.15, -0.1) is 0 Å². The largest absolute Gasteiger partial charge is 0.615 e. The quantitative estimate of drug-likeness (QED) is 0.862. The van der Waals surface area contributed by atoms with E-state index in [-0.39, 0.29) is 5.25 Å². The molecule has 0 heterocycles. The van der Waals surface area contributed by atoms with Crippen LogP contribution in [0.3, 0.4) is 0 Å². The van der Waals surface area contributed by atoms with E-state index < -0.39 is 21.8 Å². The minimum Gasteiger partial charge on any atom is -0.615 e. The van der Waals surface area contributed by atoms with Gasteiger partial charge in [0.1, 0.15) is 0 Å². The third-order valence-electron chi connectivity index (χ3n) is 3.96. The van der Waals surface area contributed by atoms with E-state index in [1.807, 2.05) is 60.7 Å². The molecule has 1 aliphatic carbocycles. The molecule has 108 valence electrons. The van der Waals surface area contributed by atoms with Crippen LogP contribution >= 0.6 is 0 Å². The van der Waals surface area contributed by atoms with Crippen molar-refractivity contribution in [2.75, 3.05) is 0 Å². The summed E-state index contributed by atoms with van der Waals surface area (Å²) in [5, 5.41) is -0.317. The first-order valence-electron chi connectivity index (χ1n) is 6.96. The number of carbonyl (C=O) groups excluding carboxylic acids is 1. The number of hydrogen-bond donors (Lipinski definition) is 1. The molecule has 1 unspecified atom stereocenters. The Labute approximate surface area is 127 Å². The zero-order valence-corrected chi connectivity index (χ0v) is 12.4. The maximum atomic E-state index is 13.1. The fraction of sp³-hybridized carbons (Fsp3) is 0.235. The number of rotatable bonds is 5. The van der Waals surface area contributed by atoms with E-state index >= 15 is 0 Å². The number of hydrogen-bond acceptors (Lipinski definition) is 2. The summed E-state index contributed by atoms with van der Waals surface area (Å²) in [5.74, 6) is -0.447. The summed E-state index contributed by atoms with van der Waals surface area (Å²) in [6, 6.07) is 19.3. The van der Waals surface area contributed by atoms with E-state index in [1.165, 1.54) is 0 Å². The van der Waals surface area contributed by atoms with E-state index in [9.17, 15) is 9.35 Å². The standard InChI is InChI=1S/C17H17NO2S/c18-16(19)17(11-12-17)21(20)15(13-7-3-1-4-8-13)14-9-5-2-6-10-14/h1-10,15H,11-12H2,(H2,18,19). The van der Waals surface area contributed by atoms with Crippen LogP contribution in [-0.4, -0.2) is 15.2 Å². The molecule has 0 spiro atoms. The Morgan fingerprint density at radius 3 is 1.76 bits per heavy atom. The molecular formula is C17H17NO2S. The molecule has 3 nitrogen and oxygen atoms in total. The van der Waals surface area contributed by atoms with Gasteiger partial charge in [-0.05, 0) is 11.2 Å². The minimum atomic E-state index is -1.36. The molecule has 0 aliphatic heterocycles. The zero-order valence-electron chi connectivity index (χ0n) is 11.6. The van der Waals surface area contributed by atoms with Crippen molar-refractivity contribution in [1.29, 1.82) is 0 Å². The van der Waals surface area contributed by atoms with Gasteiger partial charge in [0.2, 0.25) is 4.75 Å². The molecule has 2 aromatic rings. The topological polar surface area (TPSA) is 66.2 Å². The van der Waals surface area contributed by atoms with Crippen LogP contribution in [-0.2, 0) is 16.0 Å². The van der Waals surface area contributed by atoms with Crippen LogP contribution in [0, 0.1) is 0 Å². The molecule has 0 saturated heterocycles. The van der Waals surface area contributed by atoms with E-state index in [0.29, 0.717) is 12.8 Å². The number of amides is 1. The Kier molecular flexibility index (Phi) is 3.74. The van der Waals surface area contributed by atoms with Crippen molar-refractivity contribution in [3.63, 3.8) is 0 Å². The highest BCUT2D eigenvalue weighted by Crippen LogP contribution is 2.50. The van der Waals surface area contributed by atoms with E-state index in [4.69, 9.17) is 5.73 Å². The minimum absolute atomic E-state index is 0.317. The lowest BCUT2D eigenvalue weighted by Gasteiger charge is -2.27. The first-order valence-corrected chi connectivity index (χ1v) is 8.17. The lowest BCUT2D eigenvalue weighted by molar-refractivity contribution is -0.118. The second-order valence-corrected chi connectivity index (χ2v) is 7.21. The first-order chi connectivity index (χ1) is 10.1. The Morgan fingerprint density at radius 2 is 1.43 bits per heavy atom. The summed E-state index contributed by atoms with van der Waals surface area (Å²) < 4.78 is 12.2. The fourth-order valence-electron chi connectivity index (χ4n) is 2.58. The Bertz CT molecular complexity index is 586. The number of nitrogens with two attached hydrogens (primary N) is 1. The van der Waals surface area contributed by atoms with E-state index in [1.54, 1.807) is 0 Å².